The summed E-state index contributed by atoms with van der Waals surface area (Å²) in [6, 6.07) is -0.0491. The van der Waals surface area contributed by atoms with Gasteiger partial charge in [0.25, 0.3) is 0 Å². The molecule has 0 heterocycles. The van der Waals surface area contributed by atoms with Gasteiger partial charge in [0.15, 0.2) is 0 Å². The van der Waals surface area contributed by atoms with Crippen LogP contribution in [0.3, 0.4) is 0 Å². The maximum atomic E-state index is 11.7. The monoisotopic (exact) mass is 330 g/mol. The summed E-state index contributed by atoms with van der Waals surface area (Å²) in [6.07, 6.45) is 5.21. The van der Waals surface area contributed by atoms with Crippen molar-refractivity contribution in [1.82, 2.24) is 10.6 Å². The third-order valence-electron chi connectivity index (χ3n) is 3.75. The van der Waals surface area contributed by atoms with Gasteiger partial charge in [0.05, 0.1) is 0 Å². The normalized spacial score (nSPS) is 11.7. The lowest BCUT2D eigenvalue weighted by Gasteiger charge is -2.24. The van der Waals surface area contributed by atoms with Gasteiger partial charge in [-0.05, 0) is 42.9 Å². The van der Waals surface area contributed by atoms with E-state index in [0.717, 1.165) is 51.9 Å². The highest BCUT2D eigenvalue weighted by Crippen LogP contribution is 2.24. The summed E-state index contributed by atoms with van der Waals surface area (Å²) in [4.78, 5) is 11.7. The Morgan fingerprint density at radius 2 is 1.52 bits per heavy atom. The van der Waals surface area contributed by atoms with E-state index in [2.05, 4.69) is 52.2 Å². The molecule has 23 heavy (non-hydrogen) atoms. The molecule has 140 valence electrons. The first-order valence-corrected chi connectivity index (χ1v) is 8.76. The van der Waals surface area contributed by atoms with Crippen LogP contribution < -0.4 is 10.6 Å². The molecular formula is C19H42N2O2. The van der Waals surface area contributed by atoms with Gasteiger partial charge in [0.1, 0.15) is 0 Å². The lowest BCUT2D eigenvalue weighted by atomic mass is 9.86. The number of carbonyl (C=O) groups is 1. The highest BCUT2D eigenvalue weighted by Gasteiger charge is 2.17. The lowest BCUT2D eigenvalue weighted by Crippen LogP contribution is -2.38. The number of urea groups is 1. The molecule has 4 heteroatoms. The Kier molecular flexibility index (Phi) is 13.4. The average Bonchev–Trinajstić information content (AvgIpc) is 2.38. The molecule has 0 aromatic rings. The summed E-state index contributed by atoms with van der Waals surface area (Å²) in [5, 5.41) is 5.87. The van der Waals surface area contributed by atoms with Crippen LogP contribution in [0.2, 0.25) is 0 Å². The molecule has 0 aliphatic carbocycles. The minimum atomic E-state index is -0.0491. The Balaban J connectivity index is 0. The summed E-state index contributed by atoms with van der Waals surface area (Å²) < 4.78 is 5.54. The van der Waals surface area contributed by atoms with E-state index in [1.54, 1.807) is 0 Å². The van der Waals surface area contributed by atoms with Gasteiger partial charge in [-0.15, -0.1) is 0 Å². The number of nitrogens with one attached hydrogen (secondary N) is 2. The standard InChI is InChI=1S/C18H38N2O2.CH4/c1-7-14-22-15-11-18(5,6)10-13-20-16(21)19-12-8-9-17(2,3)4;/h7-15H2,1-6H3,(H2,19,20,21);1H4. The summed E-state index contributed by atoms with van der Waals surface area (Å²) in [5.74, 6) is 0. The van der Waals surface area contributed by atoms with Crippen LogP contribution in [0.5, 0.6) is 0 Å². The van der Waals surface area contributed by atoms with Crippen molar-refractivity contribution in [2.45, 2.75) is 81.1 Å². The molecule has 0 aliphatic rings. The molecule has 0 saturated heterocycles. The Labute approximate surface area is 145 Å². The predicted molar refractivity (Wildman–Crippen MR) is 101 cm³/mol. The van der Waals surface area contributed by atoms with Gasteiger partial charge in [-0.1, -0.05) is 49.0 Å². The average molecular weight is 331 g/mol. The van der Waals surface area contributed by atoms with Crippen molar-refractivity contribution in [2.75, 3.05) is 26.3 Å². The molecule has 0 atom stereocenters. The molecule has 2 N–H and O–H groups in total. The smallest absolute Gasteiger partial charge is 0.314 e. The molecule has 0 aromatic heterocycles. The molecule has 0 fully saturated rings. The third-order valence-corrected chi connectivity index (χ3v) is 3.75. The maximum absolute atomic E-state index is 11.7. The van der Waals surface area contributed by atoms with Gasteiger partial charge in [-0.25, -0.2) is 4.79 Å². The lowest BCUT2D eigenvalue weighted by molar-refractivity contribution is 0.102. The van der Waals surface area contributed by atoms with Crippen molar-refractivity contribution in [3.63, 3.8) is 0 Å². The van der Waals surface area contributed by atoms with Gasteiger partial charge < -0.3 is 15.4 Å². The second-order valence-electron chi connectivity index (χ2n) is 8.12. The maximum Gasteiger partial charge on any atom is 0.314 e. The first kappa shape index (κ1) is 24.5. The molecule has 0 bridgehead atoms. The topological polar surface area (TPSA) is 50.4 Å². The van der Waals surface area contributed by atoms with Crippen LogP contribution in [0, 0.1) is 10.8 Å². The van der Waals surface area contributed by atoms with E-state index in [-0.39, 0.29) is 18.9 Å². The number of hydrogen-bond donors (Lipinski definition) is 2. The summed E-state index contributed by atoms with van der Waals surface area (Å²) in [7, 11) is 0. The van der Waals surface area contributed by atoms with Crippen molar-refractivity contribution in [1.29, 1.82) is 0 Å². The fraction of sp³-hybridized carbons (Fsp3) is 0.947. The first-order valence-electron chi connectivity index (χ1n) is 8.76. The van der Waals surface area contributed by atoms with Gasteiger partial charge in [-0.2, -0.15) is 0 Å². The molecule has 0 aromatic carbocycles. The fourth-order valence-electron chi connectivity index (χ4n) is 2.12. The van der Waals surface area contributed by atoms with Crippen LogP contribution in [0.25, 0.3) is 0 Å². The van der Waals surface area contributed by atoms with Crippen LogP contribution in [0.1, 0.15) is 81.1 Å². The summed E-state index contributed by atoms with van der Waals surface area (Å²) >= 11 is 0. The first-order chi connectivity index (χ1) is 10.2. The van der Waals surface area contributed by atoms with Gasteiger partial charge >= 0.3 is 6.03 Å². The minimum Gasteiger partial charge on any atom is -0.381 e. The van der Waals surface area contributed by atoms with E-state index in [4.69, 9.17) is 4.74 Å². The Morgan fingerprint density at radius 3 is 2.09 bits per heavy atom. The van der Waals surface area contributed by atoms with E-state index in [9.17, 15) is 4.79 Å². The fourth-order valence-corrected chi connectivity index (χ4v) is 2.12. The van der Waals surface area contributed by atoms with Crippen molar-refractivity contribution >= 4 is 6.03 Å². The quantitative estimate of drug-likeness (QED) is 0.525. The Hall–Kier alpha value is -0.770. The molecule has 2 amide bonds. The predicted octanol–water partition coefficient (Wildman–Crippen LogP) is 4.98. The second-order valence-corrected chi connectivity index (χ2v) is 8.12. The van der Waals surface area contributed by atoms with Gasteiger partial charge in [0.2, 0.25) is 0 Å². The molecule has 0 rings (SSSR count). The minimum absolute atomic E-state index is 0. The molecule has 4 nitrogen and oxygen atoms in total. The van der Waals surface area contributed by atoms with E-state index >= 15 is 0 Å². The third kappa shape index (κ3) is 17.4. The number of amides is 2. The number of ether oxygens (including phenoxy) is 1. The Morgan fingerprint density at radius 1 is 0.913 bits per heavy atom. The van der Waals surface area contributed by atoms with Gasteiger partial charge in [0, 0.05) is 26.3 Å². The van der Waals surface area contributed by atoms with Crippen molar-refractivity contribution < 1.29 is 9.53 Å². The molecule has 0 spiro atoms. The van der Waals surface area contributed by atoms with Crippen molar-refractivity contribution in [2.24, 2.45) is 10.8 Å². The number of hydrogen-bond acceptors (Lipinski definition) is 2. The van der Waals surface area contributed by atoms with Crippen molar-refractivity contribution in [3.8, 4) is 0 Å². The zero-order valence-electron chi connectivity index (χ0n) is 15.7. The number of rotatable bonds is 11. The van der Waals surface area contributed by atoms with E-state index < -0.39 is 0 Å². The molecule has 0 radical (unpaired) electrons. The van der Waals surface area contributed by atoms with E-state index in [1.807, 2.05) is 0 Å². The highest BCUT2D eigenvalue weighted by atomic mass is 16.5. The van der Waals surface area contributed by atoms with Crippen LogP contribution in [0.4, 0.5) is 4.79 Å². The van der Waals surface area contributed by atoms with E-state index in [0.29, 0.717) is 12.0 Å². The molecule has 0 saturated carbocycles. The van der Waals surface area contributed by atoms with E-state index in [1.165, 1.54) is 0 Å². The molecule has 0 aliphatic heterocycles. The Bertz CT molecular complexity index is 296. The second kappa shape index (κ2) is 12.6. The van der Waals surface area contributed by atoms with Crippen LogP contribution in [0.15, 0.2) is 0 Å². The van der Waals surface area contributed by atoms with Crippen LogP contribution in [-0.4, -0.2) is 32.3 Å². The van der Waals surface area contributed by atoms with Crippen LogP contribution >= 0.6 is 0 Å². The van der Waals surface area contributed by atoms with Gasteiger partial charge in [-0.3, -0.25) is 0 Å². The molecule has 0 unspecified atom stereocenters. The highest BCUT2D eigenvalue weighted by molar-refractivity contribution is 5.73. The number of carbonyl (C=O) groups excluding carboxylic acids is 1. The summed E-state index contributed by atoms with van der Waals surface area (Å²) in [6.45, 7) is 16.3. The largest absolute Gasteiger partial charge is 0.381 e. The summed E-state index contributed by atoms with van der Waals surface area (Å²) in [5.41, 5.74) is 0.537. The van der Waals surface area contributed by atoms with Crippen molar-refractivity contribution in [3.05, 3.63) is 0 Å². The molecular weight excluding hydrogens is 288 g/mol. The zero-order chi connectivity index (χ0) is 17.1. The van der Waals surface area contributed by atoms with Crippen LogP contribution in [-0.2, 0) is 4.74 Å². The zero-order valence-corrected chi connectivity index (χ0v) is 15.7. The SMILES string of the molecule is C.CCCOCCC(C)(C)CCNC(=O)NCCCC(C)(C)C.